The molecule has 1 atom stereocenters. The van der Waals surface area contributed by atoms with Crippen LogP contribution in [-0.2, 0) is 0 Å². The van der Waals surface area contributed by atoms with Gasteiger partial charge in [0.1, 0.15) is 11.5 Å². The summed E-state index contributed by atoms with van der Waals surface area (Å²) in [5.41, 5.74) is 10.2. The SMILES string of the molecule is CN1C(c2ccccc2)=NC(c2ccccc2)=NC1n1c2ccccc2c2cnc(N(c3ccc(-c4ccccc4)cc3)c3cccc(-c4ccccc4)c3)nc21. The fourth-order valence-electron chi connectivity index (χ4n) is 7.70. The van der Waals surface area contributed by atoms with Crippen LogP contribution < -0.4 is 4.90 Å². The molecule has 1 aliphatic rings. The van der Waals surface area contributed by atoms with Crippen LogP contribution in [0, 0.1) is 0 Å². The van der Waals surface area contributed by atoms with E-state index in [2.05, 4.69) is 167 Å². The lowest BCUT2D eigenvalue weighted by molar-refractivity contribution is 0.296. The highest BCUT2D eigenvalue weighted by Gasteiger charge is 2.30. The monoisotopic (exact) mass is 735 g/mol. The van der Waals surface area contributed by atoms with Gasteiger partial charge in [-0.15, -0.1) is 0 Å². The molecule has 0 aliphatic carbocycles. The van der Waals surface area contributed by atoms with E-state index in [0.29, 0.717) is 11.8 Å². The zero-order chi connectivity index (χ0) is 38.1. The molecule has 1 unspecified atom stereocenters. The maximum atomic E-state index is 5.50. The van der Waals surface area contributed by atoms with Gasteiger partial charge in [0, 0.05) is 46.5 Å². The molecular formula is C50H37N7. The zero-order valence-corrected chi connectivity index (χ0v) is 31.3. The van der Waals surface area contributed by atoms with Gasteiger partial charge in [0.25, 0.3) is 0 Å². The van der Waals surface area contributed by atoms with E-state index in [1.807, 2.05) is 54.7 Å². The summed E-state index contributed by atoms with van der Waals surface area (Å²) in [6.45, 7) is 0. The zero-order valence-electron chi connectivity index (χ0n) is 31.3. The lowest BCUT2D eigenvalue weighted by Gasteiger charge is -2.33. The first-order valence-corrected chi connectivity index (χ1v) is 19.1. The third-order valence-electron chi connectivity index (χ3n) is 10.5. The van der Waals surface area contributed by atoms with Crippen LogP contribution in [0.15, 0.2) is 210 Å². The van der Waals surface area contributed by atoms with Crippen LogP contribution in [0.3, 0.4) is 0 Å². The molecule has 0 saturated heterocycles. The summed E-state index contributed by atoms with van der Waals surface area (Å²) in [6.07, 6.45) is 1.46. The van der Waals surface area contributed by atoms with E-state index in [-0.39, 0.29) is 0 Å². The Morgan fingerprint density at radius 1 is 0.491 bits per heavy atom. The molecule has 9 aromatic rings. The van der Waals surface area contributed by atoms with E-state index < -0.39 is 6.29 Å². The molecule has 10 rings (SSSR count). The largest absolute Gasteiger partial charge is 0.320 e. The average Bonchev–Trinajstić information content (AvgIpc) is 3.61. The quantitative estimate of drug-likeness (QED) is 0.156. The summed E-state index contributed by atoms with van der Waals surface area (Å²) in [4.78, 5) is 25.4. The van der Waals surface area contributed by atoms with Crippen molar-refractivity contribution in [1.29, 1.82) is 0 Å². The fraction of sp³-hybridized carbons (Fsp3) is 0.0400. The van der Waals surface area contributed by atoms with Gasteiger partial charge in [-0.05, 0) is 52.6 Å². The number of amidine groups is 2. The molecule has 0 radical (unpaired) electrons. The number of rotatable bonds is 8. The maximum absolute atomic E-state index is 5.50. The van der Waals surface area contributed by atoms with Gasteiger partial charge >= 0.3 is 0 Å². The van der Waals surface area contributed by atoms with Crippen LogP contribution in [0.5, 0.6) is 0 Å². The van der Waals surface area contributed by atoms with E-state index >= 15 is 0 Å². The second kappa shape index (κ2) is 14.5. The Balaban J connectivity index is 1.17. The van der Waals surface area contributed by atoms with Crippen LogP contribution in [-0.4, -0.2) is 38.2 Å². The summed E-state index contributed by atoms with van der Waals surface area (Å²) in [6, 6.07) is 67.0. The van der Waals surface area contributed by atoms with Crippen molar-refractivity contribution in [3.05, 3.63) is 211 Å². The van der Waals surface area contributed by atoms with Gasteiger partial charge in [-0.1, -0.05) is 164 Å². The number of nitrogens with zero attached hydrogens (tertiary/aromatic N) is 7. The van der Waals surface area contributed by atoms with Crippen LogP contribution in [0.25, 0.3) is 44.2 Å². The van der Waals surface area contributed by atoms with Gasteiger partial charge in [0.15, 0.2) is 5.84 Å². The van der Waals surface area contributed by atoms with E-state index in [0.717, 1.165) is 72.5 Å². The molecule has 7 nitrogen and oxygen atoms in total. The Morgan fingerprint density at radius 2 is 1.05 bits per heavy atom. The number of anilines is 3. The van der Waals surface area contributed by atoms with Crippen LogP contribution in [0.4, 0.5) is 17.3 Å². The van der Waals surface area contributed by atoms with Crippen molar-refractivity contribution in [2.45, 2.75) is 6.29 Å². The Labute approximate surface area is 331 Å². The van der Waals surface area contributed by atoms with Gasteiger partial charge in [0.2, 0.25) is 12.2 Å². The van der Waals surface area contributed by atoms with E-state index in [9.17, 15) is 0 Å². The van der Waals surface area contributed by atoms with Crippen LogP contribution in [0.2, 0.25) is 0 Å². The molecule has 57 heavy (non-hydrogen) atoms. The van der Waals surface area contributed by atoms with Gasteiger partial charge in [-0.3, -0.25) is 9.47 Å². The number of aliphatic imine (C=N–C) groups is 2. The Hall–Kier alpha value is -7.64. The Kier molecular flexibility index (Phi) is 8.65. The van der Waals surface area contributed by atoms with Crippen molar-refractivity contribution in [1.82, 2.24) is 19.4 Å². The van der Waals surface area contributed by atoms with E-state index in [4.69, 9.17) is 20.0 Å². The molecule has 272 valence electrons. The van der Waals surface area contributed by atoms with Crippen LogP contribution >= 0.6 is 0 Å². The molecule has 1 aliphatic heterocycles. The molecule has 0 fully saturated rings. The molecular weight excluding hydrogens is 699 g/mol. The lowest BCUT2D eigenvalue weighted by atomic mass is 10.0. The third kappa shape index (κ3) is 6.31. The first-order chi connectivity index (χ1) is 28.2. The summed E-state index contributed by atoms with van der Waals surface area (Å²) >= 11 is 0. The Morgan fingerprint density at radius 3 is 1.74 bits per heavy atom. The molecule has 7 aromatic carbocycles. The van der Waals surface area contributed by atoms with E-state index in [1.54, 1.807) is 0 Å². The van der Waals surface area contributed by atoms with Crippen molar-refractivity contribution >= 4 is 50.9 Å². The number of aromatic nitrogens is 3. The molecule has 2 aromatic heterocycles. The van der Waals surface area contributed by atoms with Crippen LogP contribution in [0.1, 0.15) is 17.4 Å². The molecule has 3 heterocycles. The van der Waals surface area contributed by atoms with Gasteiger partial charge in [-0.25, -0.2) is 15.0 Å². The molecule has 0 bridgehead atoms. The first kappa shape index (κ1) is 33.9. The first-order valence-electron chi connectivity index (χ1n) is 19.1. The minimum absolute atomic E-state index is 0.502. The molecule has 7 heteroatoms. The molecule has 0 amide bonds. The highest BCUT2D eigenvalue weighted by molar-refractivity contribution is 6.13. The minimum atomic E-state index is -0.502. The number of hydrogen-bond donors (Lipinski definition) is 0. The minimum Gasteiger partial charge on any atom is -0.320 e. The highest BCUT2D eigenvalue weighted by atomic mass is 15.4. The maximum Gasteiger partial charge on any atom is 0.236 e. The normalized spacial score (nSPS) is 14.1. The highest BCUT2D eigenvalue weighted by Crippen LogP contribution is 2.39. The topological polar surface area (TPSA) is 61.9 Å². The summed E-state index contributed by atoms with van der Waals surface area (Å²) in [5, 5.41) is 2.00. The van der Waals surface area contributed by atoms with Crippen molar-refractivity contribution in [2.24, 2.45) is 9.98 Å². The second-order valence-electron chi connectivity index (χ2n) is 14.0. The summed E-state index contributed by atoms with van der Waals surface area (Å²) in [7, 11) is 2.06. The van der Waals surface area contributed by atoms with E-state index in [1.165, 1.54) is 0 Å². The van der Waals surface area contributed by atoms with Crippen molar-refractivity contribution in [3.63, 3.8) is 0 Å². The Bertz CT molecular complexity index is 2900. The summed E-state index contributed by atoms with van der Waals surface area (Å²) < 4.78 is 2.23. The fourth-order valence-corrected chi connectivity index (χ4v) is 7.70. The lowest BCUT2D eigenvalue weighted by Crippen LogP contribution is -2.38. The average molecular weight is 736 g/mol. The number of fused-ring (bicyclic) bond motifs is 3. The van der Waals surface area contributed by atoms with Gasteiger partial charge < -0.3 is 4.90 Å². The second-order valence-corrected chi connectivity index (χ2v) is 14.0. The predicted molar refractivity (Wildman–Crippen MR) is 233 cm³/mol. The third-order valence-corrected chi connectivity index (χ3v) is 10.5. The smallest absolute Gasteiger partial charge is 0.236 e. The standard InChI is InChI=1S/C50H37N7/c1-55-47(39-23-12-5-13-24-39)52-46(38-21-10-4-11-22-38)53-50(55)57-45-28-15-14-27-43(45)44-34-51-49(54-48(44)57)56(41-31-29-37(30-32-41)35-17-6-2-7-18-35)42-26-16-25-40(33-42)36-19-8-3-9-20-36/h2-34,50H,1H3. The van der Waals surface area contributed by atoms with Crippen molar-refractivity contribution in [2.75, 3.05) is 11.9 Å². The number of hydrogen-bond acceptors (Lipinski definition) is 6. The molecule has 0 spiro atoms. The van der Waals surface area contributed by atoms with Gasteiger partial charge in [0.05, 0.1) is 5.52 Å². The van der Waals surface area contributed by atoms with Crippen molar-refractivity contribution < 1.29 is 0 Å². The summed E-state index contributed by atoms with van der Waals surface area (Å²) in [5.74, 6) is 2.04. The van der Waals surface area contributed by atoms with Gasteiger partial charge in [-0.2, -0.15) is 4.98 Å². The predicted octanol–water partition coefficient (Wildman–Crippen LogP) is 11.7. The molecule has 0 saturated carbocycles. The number of para-hydroxylation sites is 1. The number of benzene rings is 7. The van der Waals surface area contributed by atoms with Crippen molar-refractivity contribution in [3.8, 4) is 22.3 Å². The molecule has 0 N–H and O–H groups in total.